The van der Waals surface area contributed by atoms with Gasteiger partial charge < -0.3 is 4.90 Å². The largest absolute Gasteiger partial charge is 0.335 e. The molecule has 0 spiro atoms. The van der Waals surface area contributed by atoms with Crippen molar-refractivity contribution >= 4 is 5.91 Å². The summed E-state index contributed by atoms with van der Waals surface area (Å²) in [5, 5.41) is 0. The molecular formula is C15H21NO. The van der Waals surface area contributed by atoms with Crippen LogP contribution in [0.5, 0.6) is 0 Å². The average molecular weight is 231 g/mol. The Labute approximate surface area is 104 Å². The molecule has 17 heavy (non-hydrogen) atoms. The molecule has 2 rings (SSSR count). The van der Waals surface area contributed by atoms with Gasteiger partial charge in [-0.25, -0.2) is 0 Å². The van der Waals surface area contributed by atoms with Crippen LogP contribution >= 0.6 is 0 Å². The molecule has 0 saturated carbocycles. The van der Waals surface area contributed by atoms with Gasteiger partial charge in [-0.15, -0.1) is 0 Å². The Bertz CT molecular complexity index is 411. The number of likely N-dealkylation sites (tertiary alicyclic amines) is 1. The number of hydrogen-bond donors (Lipinski definition) is 0. The van der Waals surface area contributed by atoms with Gasteiger partial charge in [-0.1, -0.05) is 32.0 Å². The van der Waals surface area contributed by atoms with Gasteiger partial charge in [-0.2, -0.15) is 0 Å². The molecule has 0 N–H and O–H groups in total. The Morgan fingerprint density at radius 3 is 2.71 bits per heavy atom. The molecule has 0 aliphatic carbocycles. The quantitative estimate of drug-likeness (QED) is 0.765. The van der Waals surface area contributed by atoms with E-state index in [1.807, 2.05) is 31.2 Å². The van der Waals surface area contributed by atoms with E-state index in [-0.39, 0.29) is 5.91 Å². The smallest absolute Gasteiger partial charge is 0.254 e. The summed E-state index contributed by atoms with van der Waals surface area (Å²) in [7, 11) is 0. The summed E-state index contributed by atoms with van der Waals surface area (Å²) < 4.78 is 0. The highest BCUT2D eigenvalue weighted by Crippen LogP contribution is 2.26. The van der Waals surface area contributed by atoms with Crippen molar-refractivity contribution in [2.45, 2.75) is 39.7 Å². The Hall–Kier alpha value is -1.31. The lowest BCUT2D eigenvalue weighted by molar-refractivity contribution is 0.0701. The summed E-state index contributed by atoms with van der Waals surface area (Å²) in [5.74, 6) is 0.754. The van der Waals surface area contributed by atoms with Gasteiger partial charge in [0, 0.05) is 18.2 Å². The van der Waals surface area contributed by atoms with Crippen LogP contribution in [0.1, 0.15) is 42.6 Å². The molecule has 2 nitrogen and oxygen atoms in total. The first-order chi connectivity index (χ1) is 8.11. The number of carbonyl (C=O) groups is 1. The van der Waals surface area contributed by atoms with Crippen LogP contribution in [0.3, 0.4) is 0 Å². The zero-order chi connectivity index (χ0) is 12.4. The van der Waals surface area contributed by atoms with E-state index in [0.29, 0.717) is 12.0 Å². The zero-order valence-corrected chi connectivity index (χ0v) is 10.9. The molecule has 1 fully saturated rings. The fourth-order valence-corrected chi connectivity index (χ4v) is 2.71. The van der Waals surface area contributed by atoms with Crippen molar-refractivity contribution in [1.29, 1.82) is 0 Å². The van der Waals surface area contributed by atoms with E-state index < -0.39 is 0 Å². The van der Waals surface area contributed by atoms with E-state index in [4.69, 9.17) is 0 Å². The van der Waals surface area contributed by atoms with Gasteiger partial charge in [0.2, 0.25) is 0 Å². The van der Waals surface area contributed by atoms with Gasteiger partial charge >= 0.3 is 0 Å². The minimum atomic E-state index is 0.208. The summed E-state index contributed by atoms with van der Waals surface area (Å²) >= 11 is 0. The van der Waals surface area contributed by atoms with Gasteiger partial charge in [0.15, 0.2) is 0 Å². The molecule has 1 unspecified atom stereocenters. The Morgan fingerprint density at radius 2 is 2.06 bits per heavy atom. The van der Waals surface area contributed by atoms with Crippen LogP contribution in [0.4, 0.5) is 0 Å². The molecule has 1 aliphatic rings. The van der Waals surface area contributed by atoms with Gasteiger partial charge in [-0.3, -0.25) is 4.79 Å². The summed E-state index contributed by atoms with van der Waals surface area (Å²) in [6.07, 6.45) is 2.29. The summed E-state index contributed by atoms with van der Waals surface area (Å²) in [6.45, 7) is 7.33. The molecule has 0 bridgehead atoms. The molecule has 1 aliphatic heterocycles. The second-order valence-corrected chi connectivity index (χ2v) is 5.27. The van der Waals surface area contributed by atoms with Crippen LogP contribution in [0, 0.1) is 12.8 Å². The number of benzene rings is 1. The molecule has 0 radical (unpaired) electrons. The van der Waals surface area contributed by atoms with Crippen molar-refractivity contribution in [2.24, 2.45) is 5.92 Å². The van der Waals surface area contributed by atoms with Crippen molar-refractivity contribution in [3.63, 3.8) is 0 Å². The fourth-order valence-electron chi connectivity index (χ4n) is 2.71. The van der Waals surface area contributed by atoms with Crippen molar-refractivity contribution < 1.29 is 4.79 Å². The molecular weight excluding hydrogens is 210 g/mol. The standard InChI is InChI=1S/C15H21NO/c1-11(2)14-9-6-10-16(14)15(17)13-8-5-4-7-12(13)3/h4-5,7-8,11,14H,6,9-10H2,1-3H3. The molecule has 1 saturated heterocycles. The van der Waals surface area contributed by atoms with E-state index in [1.165, 1.54) is 0 Å². The van der Waals surface area contributed by atoms with Crippen molar-refractivity contribution in [2.75, 3.05) is 6.54 Å². The molecule has 0 aromatic heterocycles. The Kier molecular flexibility index (Phi) is 3.51. The SMILES string of the molecule is Cc1ccccc1C(=O)N1CCCC1C(C)C. The van der Waals surface area contributed by atoms with Crippen molar-refractivity contribution in [1.82, 2.24) is 4.90 Å². The van der Waals surface area contributed by atoms with Crippen LogP contribution in [0.25, 0.3) is 0 Å². The fraction of sp³-hybridized carbons (Fsp3) is 0.533. The van der Waals surface area contributed by atoms with Gasteiger partial charge in [0.25, 0.3) is 5.91 Å². The Morgan fingerprint density at radius 1 is 1.35 bits per heavy atom. The topological polar surface area (TPSA) is 20.3 Å². The molecule has 92 valence electrons. The first-order valence-electron chi connectivity index (χ1n) is 6.48. The average Bonchev–Trinajstić information content (AvgIpc) is 2.77. The minimum Gasteiger partial charge on any atom is -0.335 e. The van der Waals surface area contributed by atoms with Crippen molar-refractivity contribution in [3.05, 3.63) is 35.4 Å². The normalized spacial score (nSPS) is 20.0. The van der Waals surface area contributed by atoms with E-state index in [9.17, 15) is 4.79 Å². The second kappa shape index (κ2) is 4.91. The highest BCUT2D eigenvalue weighted by molar-refractivity contribution is 5.96. The van der Waals surface area contributed by atoms with E-state index in [2.05, 4.69) is 18.7 Å². The molecule has 1 amide bonds. The lowest BCUT2D eigenvalue weighted by Gasteiger charge is -2.28. The van der Waals surface area contributed by atoms with E-state index >= 15 is 0 Å². The first-order valence-corrected chi connectivity index (χ1v) is 6.48. The number of rotatable bonds is 2. The van der Waals surface area contributed by atoms with Crippen LogP contribution in [0.2, 0.25) is 0 Å². The third kappa shape index (κ3) is 2.36. The van der Waals surface area contributed by atoms with Crippen LogP contribution in [-0.2, 0) is 0 Å². The molecule has 1 atom stereocenters. The molecule has 2 heteroatoms. The van der Waals surface area contributed by atoms with Gasteiger partial charge in [-0.05, 0) is 37.3 Å². The maximum Gasteiger partial charge on any atom is 0.254 e. The molecule has 1 aromatic rings. The van der Waals surface area contributed by atoms with Crippen molar-refractivity contribution in [3.8, 4) is 0 Å². The maximum absolute atomic E-state index is 12.5. The lowest BCUT2D eigenvalue weighted by Crippen LogP contribution is -2.38. The number of carbonyl (C=O) groups excluding carboxylic acids is 1. The zero-order valence-electron chi connectivity index (χ0n) is 10.9. The number of aryl methyl sites for hydroxylation is 1. The van der Waals surface area contributed by atoms with Crippen LogP contribution < -0.4 is 0 Å². The lowest BCUT2D eigenvalue weighted by atomic mass is 10.0. The van der Waals surface area contributed by atoms with E-state index in [1.54, 1.807) is 0 Å². The number of hydrogen-bond acceptors (Lipinski definition) is 1. The predicted molar refractivity (Wildman–Crippen MR) is 70.1 cm³/mol. The first kappa shape index (κ1) is 12.2. The van der Waals surface area contributed by atoms with Crippen LogP contribution in [0.15, 0.2) is 24.3 Å². The maximum atomic E-state index is 12.5. The third-order valence-corrected chi connectivity index (χ3v) is 3.71. The Balaban J connectivity index is 2.23. The summed E-state index contributed by atoms with van der Waals surface area (Å²) in [4.78, 5) is 14.6. The minimum absolute atomic E-state index is 0.208. The third-order valence-electron chi connectivity index (χ3n) is 3.71. The highest BCUT2D eigenvalue weighted by Gasteiger charge is 2.31. The van der Waals surface area contributed by atoms with Crippen LogP contribution in [-0.4, -0.2) is 23.4 Å². The number of amides is 1. The molecule has 1 heterocycles. The number of nitrogens with zero attached hydrogens (tertiary/aromatic N) is 1. The monoisotopic (exact) mass is 231 g/mol. The van der Waals surface area contributed by atoms with E-state index in [0.717, 1.165) is 30.5 Å². The van der Waals surface area contributed by atoms with Gasteiger partial charge in [0.05, 0.1) is 0 Å². The summed E-state index contributed by atoms with van der Waals surface area (Å²) in [6, 6.07) is 8.29. The molecule has 1 aromatic carbocycles. The van der Waals surface area contributed by atoms with Gasteiger partial charge in [0.1, 0.15) is 0 Å². The predicted octanol–water partition coefficient (Wildman–Crippen LogP) is 3.26. The highest BCUT2D eigenvalue weighted by atomic mass is 16.2. The summed E-state index contributed by atoms with van der Waals surface area (Å²) in [5.41, 5.74) is 1.94. The second-order valence-electron chi connectivity index (χ2n) is 5.27.